The minimum absolute atomic E-state index is 0.603. The van der Waals surface area contributed by atoms with E-state index in [1.807, 2.05) is 16.8 Å². The third-order valence-corrected chi connectivity index (χ3v) is 2.80. The smallest absolute Gasteiger partial charge is 0.212 e. The number of pyridine rings is 1. The lowest BCUT2D eigenvalue weighted by molar-refractivity contribution is 0.397. The molecule has 0 aromatic carbocycles. The van der Waals surface area contributed by atoms with Crippen LogP contribution in [0.1, 0.15) is 24.2 Å². The van der Waals surface area contributed by atoms with Gasteiger partial charge in [-0.25, -0.2) is 9.67 Å². The highest BCUT2D eigenvalue weighted by molar-refractivity contribution is 5.20. The van der Waals surface area contributed by atoms with Crippen molar-refractivity contribution in [3.63, 3.8) is 0 Å². The number of aromatic nitrogens is 5. The summed E-state index contributed by atoms with van der Waals surface area (Å²) in [6.45, 7) is 1.49. The molecule has 19 heavy (non-hydrogen) atoms. The van der Waals surface area contributed by atoms with E-state index in [9.17, 15) is 0 Å². The van der Waals surface area contributed by atoms with Gasteiger partial charge in [0.05, 0.1) is 7.11 Å². The first-order valence-electron chi connectivity index (χ1n) is 6.27. The van der Waals surface area contributed by atoms with E-state index in [1.54, 1.807) is 13.3 Å². The van der Waals surface area contributed by atoms with Crippen LogP contribution in [0.3, 0.4) is 0 Å². The van der Waals surface area contributed by atoms with Crippen molar-refractivity contribution in [1.82, 2.24) is 25.2 Å². The van der Waals surface area contributed by atoms with Gasteiger partial charge in [0.15, 0.2) is 5.82 Å². The molecule has 0 radical (unpaired) electrons. The summed E-state index contributed by atoms with van der Waals surface area (Å²) in [4.78, 5) is 4.17. The molecule has 2 heterocycles. The van der Waals surface area contributed by atoms with Gasteiger partial charge in [-0.2, -0.15) is 0 Å². The fourth-order valence-electron chi connectivity index (χ4n) is 1.75. The highest BCUT2D eigenvalue weighted by Crippen LogP contribution is 2.10. The standard InChI is InChI=1S/C12H18N6O/c1-19-12-5-4-10(9-14-12)8-11-15-16-17-18(11)7-3-2-6-13/h4-5,9H,2-3,6-8,13H2,1H3. The summed E-state index contributed by atoms with van der Waals surface area (Å²) in [5.74, 6) is 1.44. The average Bonchev–Trinajstić information content (AvgIpc) is 2.87. The molecule has 7 heteroatoms. The molecule has 2 aromatic heterocycles. The first kappa shape index (κ1) is 13.4. The van der Waals surface area contributed by atoms with Gasteiger partial charge in [-0.1, -0.05) is 6.07 Å². The summed E-state index contributed by atoms with van der Waals surface area (Å²) in [6, 6.07) is 3.79. The van der Waals surface area contributed by atoms with Crippen molar-refractivity contribution in [3.05, 3.63) is 29.7 Å². The second-order valence-corrected chi connectivity index (χ2v) is 4.20. The lowest BCUT2D eigenvalue weighted by Crippen LogP contribution is -2.08. The SMILES string of the molecule is COc1ccc(Cc2nnnn2CCCCN)cn1. The average molecular weight is 262 g/mol. The van der Waals surface area contributed by atoms with Gasteiger partial charge in [0.2, 0.25) is 5.88 Å². The number of hydrogen-bond donors (Lipinski definition) is 1. The maximum Gasteiger partial charge on any atom is 0.212 e. The molecule has 2 rings (SSSR count). The van der Waals surface area contributed by atoms with Crippen molar-refractivity contribution in [3.8, 4) is 5.88 Å². The van der Waals surface area contributed by atoms with Crippen LogP contribution in [0.4, 0.5) is 0 Å². The largest absolute Gasteiger partial charge is 0.481 e. The van der Waals surface area contributed by atoms with Crippen LogP contribution in [0.5, 0.6) is 5.88 Å². The first-order valence-corrected chi connectivity index (χ1v) is 6.27. The fraction of sp³-hybridized carbons (Fsp3) is 0.500. The van der Waals surface area contributed by atoms with Gasteiger partial charge in [0.25, 0.3) is 0 Å². The van der Waals surface area contributed by atoms with Crippen LogP contribution in [0.2, 0.25) is 0 Å². The van der Waals surface area contributed by atoms with Gasteiger partial charge < -0.3 is 10.5 Å². The van der Waals surface area contributed by atoms with Crippen molar-refractivity contribution in [2.24, 2.45) is 5.73 Å². The maximum atomic E-state index is 5.48. The van der Waals surface area contributed by atoms with Crippen LogP contribution < -0.4 is 10.5 Å². The van der Waals surface area contributed by atoms with Crippen LogP contribution >= 0.6 is 0 Å². The zero-order valence-electron chi connectivity index (χ0n) is 11.0. The summed E-state index contributed by atoms with van der Waals surface area (Å²) < 4.78 is 6.84. The Hall–Kier alpha value is -2.02. The molecule has 0 aliphatic carbocycles. The Balaban J connectivity index is 1.99. The highest BCUT2D eigenvalue weighted by Gasteiger charge is 2.07. The number of hydrogen-bond acceptors (Lipinski definition) is 6. The Morgan fingerprint density at radius 1 is 1.32 bits per heavy atom. The van der Waals surface area contributed by atoms with E-state index in [1.165, 1.54) is 0 Å². The van der Waals surface area contributed by atoms with E-state index in [-0.39, 0.29) is 0 Å². The number of tetrazole rings is 1. The summed E-state index contributed by atoms with van der Waals surface area (Å²) in [7, 11) is 1.60. The van der Waals surface area contributed by atoms with E-state index in [0.29, 0.717) is 18.8 Å². The number of methoxy groups -OCH3 is 1. The summed E-state index contributed by atoms with van der Waals surface area (Å²) in [5.41, 5.74) is 6.53. The summed E-state index contributed by atoms with van der Waals surface area (Å²) in [6.07, 6.45) is 4.39. The number of rotatable bonds is 7. The zero-order chi connectivity index (χ0) is 13.5. The second kappa shape index (κ2) is 6.79. The van der Waals surface area contributed by atoms with Gasteiger partial charge in [-0.3, -0.25) is 0 Å². The fourth-order valence-corrected chi connectivity index (χ4v) is 1.75. The molecule has 0 fully saturated rings. The minimum Gasteiger partial charge on any atom is -0.481 e. The van der Waals surface area contributed by atoms with Crippen molar-refractivity contribution >= 4 is 0 Å². The lowest BCUT2D eigenvalue weighted by atomic mass is 10.2. The normalized spacial score (nSPS) is 10.6. The third-order valence-electron chi connectivity index (χ3n) is 2.80. The Morgan fingerprint density at radius 3 is 2.89 bits per heavy atom. The highest BCUT2D eigenvalue weighted by atomic mass is 16.5. The molecule has 2 N–H and O–H groups in total. The summed E-state index contributed by atoms with van der Waals surface area (Å²) in [5, 5.41) is 11.7. The van der Waals surface area contributed by atoms with E-state index < -0.39 is 0 Å². The van der Waals surface area contributed by atoms with Gasteiger partial charge in [0, 0.05) is 25.2 Å². The quantitative estimate of drug-likeness (QED) is 0.726. The third kappa shape index (κ3) is 3.72. The van der Waals surface area contributed by atoms with E-state index in [4.69, 9.17) is 10.5 Å². The Kier molecular flexibility index (Phi) is 4.79. The molecular formula is C12H18N6O. The zero-order valence-corrected chi connectivity index (χ0v) is 11.0. The predicted octanol–water partition coefficient (Wildman–Crippen LogP) is 0.406. The number of nitrogens with zero attached hydrogens (tertiary/aromatic N) is 5. The van der Waals surface area contributed by atoms with Crippen LogP contribution in [0.15, 0.2) is 18.3 Å². The predicted molar refractivity (Wildman–Crippen MR) is 69.7 cm³/mol. The Labute approximate surface area is 111 Å². The van der Waals surface area contributed by atoms with E-state index >= 15 is 0 Å². The molecular weight excluding hydrogens is 244 g/mol. The van der Waals surface area contributed by atoms with Gasteiger partial charge in [-0.05, 0) is 35.4 Å². The molecule has 0 aliphatic heterocycles. The number of unbranched alkanes of at least 4 members (excludes halogenated alkanes) is 1. The van der Waals surface area contributed by atoms with Gasteiger partial charge in [-0.15, -0.1) is 5.10 Å². The number of aryl methyl sites for hydroxylation is 1. The maximum absolute atomic E-state index is 5.48. The Bertz CT molecular complexity index is 495. The summed E-state index contributed by atoms with van der Waals surface area (Å²) >= 11 is 0. The topological polar surface area (TPSA) is 91.7 Å². The van der Waals surface area contributed by atoms with E-state index in [0.717, 1.165) is 30.8 Å². The van der Waals surface area contributed by atoms with Gasteiger partial charge in [0.1, 0.15) is 0 Å². The van der Waals surface area contributed by atoms with Crippen molar-refractivity contribution in [1.29, 1.82) is 0 Å². The van der Waals surface area contributed by atoms with Crippen LogP contribution in [-0.4, -0.2) is 38.8 Å². The first-order chi connectivity index (χ1) is 9.33. The second-order valence-electron chi connectivity index (χ2n) is 4.20. The Morgan fingerprint density at radius 2 is 2.21 bits per heavy atom. The molecule has 0 saturated heterocycles. The number of nitrogens with two attached hydrogens (primary N) is 1. The molecule has 7 nitrogen and oxygen atoms in total. The molecule has 102 valence electrons. The molecule has 0 spiro atoms. The van der Waals surface area contributed by atoms with E-state index in [2.05, 4.69) is 20.5 Å². The number of ether oxygens (including phenoxy) is 1. The molecule has 0 saturated carbocycles. The van der Waals surface area contributed by atoms with Crippen molar-refractivity contribution < 1.29 is 4.74 Å². The molecule has 2 aromatic rings. The van der Waals surface area contributed by atoms with Crippen LogP contribution in [0.25, 0.3) is 0 Å². The molecule has 0 aliphatic rings. The monoisotopic (exact) mass is 262 g/mol. The lowest BCUT2D eigenvalue weighted by Gasteiger charge is -2.04. The minimum atomic E-state index is 0.603. The van der Waals surface area contributed by atoms with Crippen LogP contribution in [-0.2, 0) is 13.0 Å². The molecule has 0 unspecified atom stereocenters. The molecule has 0 atom stereocenters. The van der Waals surface area contributed by atoms with Crippen molar-refractivity contribution in [2.75, 3.05) is 13.7 Å². The van der Waals surface area contributed by atoms with Crippen LogP contribution in [0, 0.1) is 0 Å². The van der Waals surface area contributed by atoms with Crippen molar-refractivity contribution in [2.45, 2.75) is 25.8 Å². The van der Waals surface area contributed by atoms with Gasteiger partial charge >= 0.3 is 0 Å². The molecule has 0 bridgehead atoms. The molecule has 0 amide bonds.